The molecule has 5 rings (SSSR count). The first-order valence-corrected chi connectivity index (χ1v) is 7.81. The van der Waals surface area contributed by atoms with Crippen molar-refractivity contribution in [2.45, 2.75) is 38.6 Å². The predicted octanol–water partition coefficient (Wildman–Crippen LogP) is 2.14. The van der Waals surface area contributed by atoms with Gasteiger partial charge in [0.1, 0.15) is 12.1 Å². The summed E-state index contributed by atoms with van der Waals surface area (Å²) < 4.78 is 1.84. The normalized spacial score (nSPS) is 37.4. The van der Waals surface area contributed by atoms with Gasteiger partial charge in [-0.2, -0.15) is 14.6 Å². The number of aromatic nitrogens is 4. The van der Waals surface area contributed by atoms with Gasteiger partial charge < -0.3 is 5.32 Å². The average molecular weight is 269 g/mol. The van der Waals surface area contributed by atoms with Crippen LogP contribution in [0, 0.1) is 23.7 Å². The molecular formula is C15H19N5. The van der Waals surface area contributed by atoms with Crippen LogP contribution in [-0.4, -0.2) is 25.6 Å². The Bertz CT molecular complexity index is 662. The maximum Gasteiger partial charge on any atom is 0.254 e. The lowest BCUT2D eigenvalue weighted by Crippen LogP contribution is -2.16. The van der Waals surface area contributed by atoms with Crippen molar-refractivity contribution in [2.75, 3.05) is 5.32 Å². The van der Waals surface area contributed by atoms with Crippen molar-refractivity contribution in [3.05, 3.63) is 18.1 Å². The van der Waals surface area contributed by atoms with E-state index < -0.39 is 0 Å². The molecule has 0 aliphatic heterocycles. The Balaban J connectivity index is 1.48. The molecule has 2 bridgehead atoms. The molecule has 2 heterocycles. The maximum atomic E-state index is 4.51. The molecule has 5 heteroatoms. The summed E-state index contributed by atoms with van der Waals surface area (Å²) in [5.41, 5.74) is 1.08. The Morgan fingerprint density at radius 1 is 1.30 bits per heavy atom. The molecule has 0 spiro atoms. The Morgan fingerprint density at radius 3 is 2.85 bits per heavy atom. The van der Waals surface area contributed by atoms with E-state index in [1.54, 1.807) is 6.33 Å². The van der Waals surface area contributed by atoms with E-state index in [-0.39, 0.29) is 0 Å². The first-order valence-electron chi connectivity index (χ1n) is 7.81. The quantitative estimate of drug-likeness (QED) is 0.927. The van der Waals surface area contributed by atoms with Crippen LogP contribution in [0.5, 0.6) is 0 Å². The fourth-order valence-electron chi connectivity index (χ4n) is 4.83. The second-order valence-corrected chi connectivity index (χ2v) is 6.62. The molecule has 4 atom stereocenters. The fraction of sp³-hybridized carbons (Fsp3) is 0.667. The summed E-state index contributed by atoms with van der Waals surface area (Å²) in [4.78, 5) is 8.74. The van der Waals surface area contributed by atoms with E-state index in [1.807, 2.05) is 4.52 Å². The van der Waals surface area contributed by atoms with Gasteiger partial charge in [0.25, 0.3) is 5.78 Å². The van der Waals surface area contributed by atoms with Gasteiger partial charge in [-0.3, -0.25) is 0 Å². The van der Waals surface area contributed by atoms with Crippen molar-refractivity contribution in [1.29, 1.82) is 0 Å². The average Bonchev–Trinajstić information content (AvgIpc) is 2.92. The monoisotopic (exact) mass is 269 g/mol. The maximum absolute atomic E-state index is 4.51. The van der Waals surface area contributed by atoms with Crippen LogP contribution in [-0.2, 0) is 6.42 Å². The van der Waals surface area contributed by atoms with Crippen molar-refractivity contribution < 1.29 is 0 Å². The first kappa shape index (κ1) is 11.1. The zero-order chi connectivity index (χ0) is 13.3. The smallest absolute Gasteiger partial charge is 0.254 e. The van der Waals surface area contributed by atoms with Crippen LogP contribution in [0.4, 0.5) is 5.82 Å². The summed E-state index contributed by atoms with van der Waals surface area (Å²) in [6, 6.07) is 2.80. The standard InChI is InChI=1S/C15H19N5/c1-2-10-6-11(20-15(18-10)16-7-17-20)19-14-12-8-3-4-9(5-8)13(12)14/h6-9,12-14,19H,2-5H2,1H3. The molecule has 0 radical (unpaired) electrons. The van der Waals surface area contributed by atoms with Crippen LogP contribution in [0.1, 0.15) is 31.9 Å². The number of aryl methyl sites for hydroxylation is 1. The van der Waals surface area contributed by atoms with Crippen molar-refractivity contribution in [1.82, 2.24) is 19.6 Å². The second kappa shape index (κ2) is 3.71. The lowest BCUT2D eigenvalue weighted by Gasteiger charge is -2.13. The van der Waals surface area contributed by atoms with Crippen LogP contribution < -0.4 is 5.32 Å². The zero-order valence-corrected chi connectivity index (χ0v) is 11.7. The first-order chi connectivity index (χ1) is 9.85. The topological polar surface area (TPSA) is 55.1 Å². The molecule has 0 amide bonds. The number of rotatable bonds is 3. The molecule has 5 nitrogen and oxygen atoms in total. The summed E-state index contributed by atoms with van der Waals surface area (Å²) in [5, 5.41) is 8.05. The van der Waals surface area contributed by atoms with Crippen LogP contribution in [0.25, 0.3) is 5.78 Å². The van der Waals surface area contributed by atoms with E-state index in [1.165, 1.54) is 19.3 Å². The van der Waals surface area contributed by atoms with E-state index in [0.29, 0.717) is 11.8 Å². The molecular weight excluding hydrogens is 250 g/mol. The molecule has 3 fully saturated rings. The van der Waals surface area contributed by atoms with Crippen molar-refractivity contribution >= 4 is 11.6 Å². The minimum atomic E-state index is 0.667. The highest BCUT2D eigenvalue weighted by molar-refractivity contribution is 5.48. The Kier molecular flexibility index (Phi) is 2.05. The number of hydrogen-bond donors (Lipinski definition) is 1. The van der Waals surface area contributed by atoms with Gasteiger partial charge in [0, 0.05) is 17.8 Å². The van der Waals surface area contributed by atoms with E-state index in [9.17, 15) is 0 Å². The van der Waals surface area contributed by atoms with Gasteiger partial charge in [0.05, 0.1) is 0 Å². The van der Waals surface area contributed by atoms with Gasteiger partial charge >= 0.3 is 0 Å². The highest BCUT2D eigenvalue weighted by Crippen LogP contribution is 2.66. The van der Waals surface area contributed by atoms with Crippen LogP contribution >= 0.6 is 0 Å². The van der Waals surface area contributed by atoms with Gasteiger partial charge in [-0.15, -0.1) is 0 Å². The molecule has 104 valence electrons. The van der Waals surface area contributed by atoms with Crippen LogP contribution in [0.3, 0.4) is 0 Å². The van der Waals surface area contributed by atoms with Gasteiger partial charge in [-0.25, -0.2) is 4.98 Å². The van der Waals surface area contributed by atoms with E-state index in [2.05, 4.69) is 33.4 Å². The Labute approximate surface area is 117 Å². The van der Waals surface area contributed by atoms with Crippen molar-refractivity contribution in [3.63, 3.8) is 0 Å². The minimum Gasteiger partial charge on any atom is -0.367 e. The predicted molar refractivity (Wildman–Crippen MR) is 75.4 cm³/mol. The molecule has 4 unspecified atom stereocenters. The van der Waals surface area contributed by atoms with Gasteiger partial charge in [-0.1, -0.05) is 6.92 Å². The third-order valence-corrected chi connectivity index (χ3v) is 5.72. The number of hydrogen-bond acceptors (Lipinski definition) is 4. The molecule has 3 saturated carbocycles. The Morgan fingerprint density at radius 2 is 2.10 bits per heavy atom. The van der Waals surface area contributed by atoms with Crippen LogP contribution in [0.15, 0.2) is 12.4 Å². The van der Waals surface area contributed by atoms with Crippen LogP contribution in [0.2, 0.25) is 0 Å². The highest BCUT2D eigenvalue weighted by Gasteiger charge is 2.65. The second-order valence-electron chi connectivity index (χ2n) is 6.62. The lowest BCUT2D eigenvalue weighted by molar-refractivity contribution is 0.456. The third kappa shape index (κ3) is 1.35. The number of fused-ring (bicyclic) bond motifs is 6. The molecule has 2 aromatic heterocycles. The molecule has 1 N–H and O–H groups in total. The molecule has 0 saturated heterocycles. The summed E-state index contributed by atoms with van der Waals surface area (Å²) in [5.74, 6) is 5.60. The molecule has 2 aromatic rings. The minimum absolute atomic E-state index is 0.667. The van der Waals surface area contributed by atoms with E-state index in [4.69, 9.17) is 0 Å². The van der Waals surface area contributed by atoms with Crippen molar-refractivity contribution in [3.8, 4) is 0 Å². The lowest BCUT2D eigenvalue weighted by atomic mass is 10.0. The highest BCUT2D eigenvalue weighted by atomic mass is 15.4. The molecule has 3 aliphatic rings. The van der Waals surface area contributed by atoms with E-state index >= 15 is 0 Å². The number of nitrogens with one attached hydrogen (secondary N) is 1. The summed E-state index contributed by atoms with van der Waals surface area (Å²) in [6.07, 6.45) is 6.92. The summed E-state index contributed by atoms with van der Waals surface area (Å²) in [7, 11) is 0. The fourth-order valence-corrected chi connectivity index (χ4v) is 4.83. The van der Waals surface area contributed by atoms with Gasteiger partial charge in [0.15, 0.2) is 0 Å². The largest absolute Gasteiger partial charge is 0.367 e. The molecule has 20 heavy (non-hydrogen) atoms. The Hall–Kier alpha value is -1.65. The molecule has 0 aromatic carbocycles. The molecule has 3 aliphatic carbocycles. The van der Waals surface area contributed by atoms with Gasteiger partial charge in [-0.05, 0) is 49.4 Å². The number of nitrogens with zero attached hydrogens (tertiary/aromatic N) is 4. The van der Waals surface area contributed by atoms with E-state index in [0.717, 1.165) is 41.6 Å². The SMILES string of the molecule is CCc1cc(NC2C3C4CCC(C4)C23)n2ncnc2n1. The summed E-state index contributed by atoms with van der Waals surface area (Å²) >= 11 is 0. The number of anilines is 1. The zero-order valence-electron chi connectivity index (χ0n) is 11.7. The van der Waals surface area contributed by atoms with Crippen molar-refractivity contribution in [2.24, 2.45) is 23.7 Å². The van der Waals surface area contributed by atoms with Gasteiger partial charge in [0.2, 0.25) is 0 Å². The summed E-state index contributed by atoms with van der Waals surface area (Å²) in [6.45, 7) is 2.13. The third-order valence-electron chi connectivity index (χ3n) is 5.72.